The average molecular weight is 509 g/mol. The van der Waals surface area contributed by atoms with Crippen molar-refractivity contribution in [3.63, 3.8) is 0 Å². The van der Waals surface area contributed by atoms with E-state index in [0.29, 0.717) is 34.1 Å². The van der Waals surface area contributed by atoms with E-state index in [-0.39, 0.29) is 30.7 Å². The highest BCUT2D eigenvalue weighted by atomic mass is 16.7. The summed E-state index contributed by atoms with van der Waals surface area (Å²) >= 11 is 0. The Morgan fingerprint density at radius 1 is 0.757 bits per heavy atom. The van der Waals surface area contributed by atoms with E-state index in [9.17, 15) is 14.4 Å². The number of methoxy groups -OCH3 is 3. The number of amides is 2. The highest BCUT2D eigenvalue weighted by molar-refractivity contribution is 6.04. The number of nitrogens with one attached hydrogen (secondary N) is 2. The molecule has 0 atom stereocenters. The molecule has 2 N–H and O–H groups in total. The SMILES string of the molecule is CCOC(=O)Oc1ccc(C(=O)Nc2ccc(CNC(=O)c3cc(OC)c(OC)c(OC)c3)cc2)cc1. The first-order chi connectivity index (χ1) is 17.9. The van der Waals surface area contributed by atoms with Gasteiger partial charge < -0.3 is 34.3 Å². The first-order valence-corrected chi connectivity index (χ1v) is 11.3. The Kier molecular flexibility index (Phi) is 9.31. The summed E-state index contributed by atoms with van der Waals surface area (Å²) in [7, 11) is 4.45. The maximum atomic E-state index is 12.7. The van der Waals surface area contributed by atoms with Crippen molar-refractivity contribution in [2.24, 2.45) is 0 Å². The minimum Gasteiger partial charge on any atom is -0.493 e. The molecule has 0 saturated heterocycles. The third-order valence-electron chi connectivity index (χ3n) is 5.17. The Labute approximate surface area is 214 Å². The van der Waals surface area contributed by atoms with E-state index in [1.54, 1.807) is 43.3 Å². The minimum atomic E-state index is -0.806. The van der Waals surface area contributed by atoms with Crippen LogP contribution in [0.1, 0.15) is 33.2 Å². The smallest absolute Gasteiger partial charge is 0.493 e. The van der Waals surface area contributed by atoms with Crippen LogP contribution in [0.5, 0.6) is 23.0 Å². The van der Waals surface area contributed by atoms with Crippen LogP contribution in [0.4, 0.5) is 10.5 Å². The summed E-state index contributed by atoms with van der Waals surface area (Å²) in [5.41, 5.74) is 2.16. The fraction of sp³-hybridized carbons (Fsp3) is 0.222. The maximum Gasteiger partial charge on any atom is 0.513 e. The number of rotatable bonds is 10. The van der Waals surface area contributed by atoms with Crippen molar-refractivity contribution in [1.29, 1.82) is 0 Å². The number of carbonyl (C=O) groups excluding carboxylic acids is 3. The summed E-state index contributed by atoms with van der Waals surface area (Å²) in [5, 5.41) is 5.64. The lowest BCUT2D eigenvalue weighted by Gasteiger charge is -2.14. The third kappa shape index (κ3) is 7.14. The predicted molar refractivity (Wildman–Crippen MR) is 136 cm³/mol. The molecule has 0 spiro atoms. The molecule has 194 valence electrons. The zero-order valence-corrected chi connectivity index (χ0v) is 21.0. The summed E-state index contributed by atoms with van der Waals surface area (Å²) < 4.78 is 25.6. The van der Waals surface area contributed by atoms with Crippen LogP contribution in [-0.2, 0) is 11.3 Å². The van der Waals surface area contributed by atoms with Gasteiger partial charge in [-0.3, -0.25) is 9.59 Å². The number of ether oxygens (including phenoxy) is 5. The third-order valence-corrected chi connectivity index (χ3v) is 5.17. The Hall–Kier alpha value is -4.73. The second kappa shape index (κ2) is 12.8. The summed E-state index contributed by atoms with van der Waals surface area (Å²) in [6, 6.07) is 16.3. The molecule has 0 fully saturated rings. The van der Waals surface area contributed by atoms with Gasteiger partial charge >= 0.3 is 6.16 Å². The highest BCUT2D eigenvalue weighted by Crippen LogP contribution is 2.38. The highest BCUT2D eigenvalue weighted by Gasteiger charge is 2.17. The van der Waals surface area contributed by atoms with Gasteiger partial charge in [0, 0.05) is 23.4 Å². The molecule has 10 heteroatoms. The van der Waals surface area contributed by atoms with Gasteiger partial charge in [-0.2, -0.15) is 0 Å². The van der Waals surface area contributed by atoms with Crippen molar-refractivity contribution in [2.45, 2.75) is 13.5 Å². The molecular formula is C27H28N2O8. The topological polar surface area (TPSA) is 121 Å². The maximum absolute atomic E-state index is 12.7. The zero-order chi connectivity index (χ0) is 26.8. The molecule has 3 aromatic carbocycles. The standard InChI is InChI=1S/C27H28N2O8/c1-5-36-27(32)37-21-12-8-18(9-13-21)26(31)29-20-10-6-17(7-11-20)16-28-25(30)19-14-22(33-2)24(35-4)23(15-19)34-3/h6-15H,5,16H2,1-4H3,(H,28,30)(H,29,31). The summed E-state index contributed by atoms with van der Waals surface area (Å²) in [5.74, 6) is 0.799. The number of carbonyl (C=O) groups is 3. The molecule has 2 amide bonds. The molecule has 0 aliphatic rings. The van der Waals surface area contributed by atoms with E-state index in [1.165, 1.54) is 45.6 Å². The van der Waals surface area contributed by atoms with Crippen molar-refractivity contribution < 1.29 is 38.1 Å². The van der Waals surface area contributed by atoms with Gasteiger partial charge in [0.2, 0.25) is 5.75 Å². The average Bonchev–Trinajstić information content (AvgIpc) is 2.92. The molecule has 0 heterocycles. The molecule has 0 saturated carbocycles. The Morgan fingerprint density at radius 3 is 1.92 bits per heavy atom. The van der Waals surface area contributed by atoms with Crippen LogP contribution >= 0.6 is 0 Å². The molecule has 0 unspecified atom stereocenters. The quantitative estimate of drug-likeness (QED) is 0.305. The Morgan fingerprint density at radius 2 is 1.38 bits per heavy atom. The second-order valence-corrected chi connectivity index (χ2v) is 7.56. The van der Waals surface area contributed by atoms with E-state index < -0.39 is 6.16 Å². The minimum absolute atomic E-state index is 0.206. The predicted octanol–water partition coefficient (Wildman–Crippen LogP) is 4.43. The van der Waals surface area contributed by atoms with Gasteiger partial charge in [0.15, 0.2) is 11.5 Å². The van der Waals surface area contributed by atoms with Gasteiger partial charge in [0.1, 0.15) is 5.75 Å². The van der Waals surface area contributed by atoms with Crippen molar-refractivity contribution in [3.05, 3.63) is 77.4 Å². The van der Waals surface area contributed by atoms with E-state index in [4.69, 9.17) is 23.7 Å². The zero-order valence-electron chi connectivity index (χ0n) is 21.0. The van der Waals surface area contributed by atoms with E-state index in [0.717, 1.165) is 5.56 Å². The lowest BCUT2D eigenvalue weighted by molar-refractivity contribution is 0.0948. The fourth-order valence-electron chi connectivity index (χ4n) is 3.32. The van der Waals surface area contributed by atoms with Crippen molar-refractivity contribution in [2.75, 3.05) is 33.3 Å². The van der Waals surface area contributed by atoms with E-state index in [1.807, 2.05) is 0 Å². The first kappa shape index (κ1) is 26.9. The summed E-state index contributed by atoms with van der Waals surface area (Å²) in [6.07, 6.45) is -0.806. The van der Waals surface area contributed by atoms with Crippen molar-refractivity contribution in [3.8, 4) is 23.0 Å². The molecule has 37 heavy (non-hydrogen) atoms. The summed E-state index contributed by atoms with van der Waals surface area (Å²) in [4.78, 5) is 36.6. The molecule has 0 bridgehead atoms. The van der Waals surface area contributed by atoms with Gasteiger partial charge in [-0.25, -0.2) is 4.79 Å². The van der Waals surface area contributed by atoms with Gasteiger partial charge in [-0.1, -0.05) is 12.1 Å². The second-order valence-electron chi connectivity index (χ2n) is 7.56. The van der Waals surface area contributed by atoms with Crippen molar-refractivity contribution >= 4 is 23.7 Å². The van der Waals surface area contributed by atoms with Crippen LogP contribution in [0, 0.1) is 0 Å². The number of benzene rings is 3. The Balaban J connectivity index is 1.56. The molecule has 3 rings (SSSR count). The van der Waals surface area contributed by atoms with E-state index >= 15 is 0 Å². The van der Waals surface area contributed by atoms with Gasteiger partial charge in [-0.05, 0) is 61.0 Å². The fourth-order valence-corrected chi connectivity index (χ4v) is 3.32. The molecule has 10 nitrogen and oxygen atoms in total. The van der Waals surface area contributed by atoms with Crippen LogP contribution in [0.2, 0.25) is 0 Å². The molecule has 0 aromatic heterocycles. The van der Waals surface area contributed by atoms with Crippen LogP contribution in [0.15, 0.2) is 60.7 Å². The van der Waals surface area contributed by atoms with Crippen LogP contribution in [0.3, 0.4) is 0 Å². The first-order valence-electron chi connectivity index (χ1n) is 11.3. The number of anilines is 1. The van der Waals surface area contributed by atoms with Crippen molar-refractivity contribution in [1.82, 2.24) is 5.32 Å². The van der Waals surface area contributed by atoms with E-state index in [2.05, 4.69) is 10.6 Å². The largest absolute Gasteiger partial charge is 0.513 e. The molecule has 3 aromatic rings. The van der Waals surface area contributed by atoms with Gasteiger partial charge in [0.05, 0.1) is 27.9 Å². The van der Waals surface area contributed by atoms with Crippen LogP contribution in [-0.4, -0.2) is 45.9 Å². The molecule has 0 aliphatic carbocycles. The summed E-state index contributed by atoms with van der Waals surface area (Å²) in [6.45, 7) is 2.15. The number of hydrogen-bond donors (Lipinski definition) is 2. The molecule has 0 aliphatic heterocycles. The van der Waals surface area contributed by atoms with Crippen LogP contribution in [0.25, 0.3) is 0 Å². The van der Waals surface area contributed by atoms with Gasteiger partial charge in [0.25, 0.3) is 11.8 Å². The lowest BCUT2D eigenvalue weighted by Crippen LogP contribution is -2.23. The number of hydrogen-bond acceptors (Lipinski definition) is 8. The van der Waals surface area contributed by atoms with Crippen LogP contribution < -0.4 is 29.6 Å². The normalized spacial score (nSPS) is 10.2. The Bertz CT molecular complexity index is 1220. The molecule has 0 radical (unpaired) electrons. The lowest BCUT2D eigenvalue weighted by atomic mass is 10.1. The monoisotopic (exact) mass is 508 g/mol. The molecular weight excluding hydrogens is 480 g/mol. The van der Waals surface area contributed by atoms with Gasteiger partial charge in [-0.15, -0.1) is 0 Å².